The molecule has 0 saturated carbocycles. The van der Waals surface area contributed by atoms with Gasteiger partial charge in [0.15, 0.2) is 0 Å². The average molecular weight is 278 g/mol. The zero-order valence-corrected chi connectivity index (χ0v) is 13.9. The molecule has 0 atom stereocenters. The van der Waals surface area contributed by atoms with Crippen LogP contribution in [0.2, 0.25) is 0 Å². The lowest BCUT2D eigenvalue weighted by atomic mass is 10.1. The molecule has 0 aliphatic rings. The summed E-state index contributed by atoms with van der Waals surface area (Å²) in [6.45, 7) is 9.50. The predicted octanol–water partition coefficient (Wildman–Crippen LogP) is 2.36. The SMILES string of the molecule is CN(C)CCCN(C)c1ccnc(CNC(C)(C)C)c1. The van der Waals surface area contributed by atoms with Crippen molar-refractivity contribution in [1.29, 1.82) is 0 Å². The quantitative estimate of drug-likeness (QED) is 0.829. The lowest BCUT2D eigenvalue weighted by Crippen LogP contribution is -2.35. The lowest BCUT2D eigenvalue weighted by Gasteiger charge is -2.22. The van der Waals surface area contributed by atoms with Gasteiger partial charge in [0.1, 0.15) is 0 Å². The number of hydrogen-bond acceptors (Lipinski definition) is 4. The van der Waals surface area contributed by atoms with E-state index in [0.717, 1.165) is 25.3 Å². The Kier molecular flexibility index (Phi) is 6.43. The summed E-state index contributed by atoms with van der Waals surface area (Å²) in [5, 5.41) is 3.47. The smallest absolute Gasteiger partial charge is 0.0562 e. The molecule has 0 aromatic carbocycles. The first-order chi connectivity index (χ1) is 9.28. The van der Waals surface area contributed by atoms with Gasteiger partial charge in [-0.2, -0.15) is 0 Å². The van der Waals surface area contributed by atoms with Gasteiger partial charge in [0.2, 0.25) is 0 Å². The monoisotopic (exact) mass is 278 g/mol. The highest BCUT2D eigenvalue weighted by molar-refractivity contribution is 5.45. The summed E-state index contributed by atoms with van der Waals surface area (Å²) in [6.07, 6.45) is 3.07. The van der Waals surface area contributed by atoms with Crippen LogP contribution in [-0.2, 0) is 6.54 Å². The number of rotatable bonds is 7. The van der Waals surface area contributed by atoms with Gasteiger partial charge in [0.25, 0.3) is 0 Å². The molecule has 0 unspecified atom stereocenters. The molecule has 1 aromatic rings. The summed E-state index contributed by atoms with van der Waals surface area (Å²) in [5.74, 6) is 0. The second-order valence-electron chi connectivity index (χ2n) is 6.69. The fourth-order valence-corrected chi connectivity index (χ4v) is 1.91. The molecular formula is C16H30N4. The second-order valence-corrected chi connectivity index (χ2v) is 6.69. The normalized spacial score (nSPS) is 11.9. The summed E-state index contributed by atoms with van der Waals surface area (Å²) < 4.78 is 0. The van der Waals surface area contributed by atoms with Gasteiger partial charge in [-0.3, -0.25) is 4.98 Å². The maximum atomic E-state index is 4.44. The Morgan fingerprint density at radius 2 is 1.85 bits per heavy atom. The first-order valence-electron chi connectivity index (χ1n) is 7.34. The van der Waals surface area contributed by atoms with E-state index in [0.29, 0.717) is 0 Å². The van der Waals surface area contributed by atoms with Crippen molar-refractivity contribution in [2.45, 2.75) is 39.3 Å². The minimum Gasteiger partial charge on any atom is -0.374 e. The maximum absolute atomic E-state index is 4.44. The maximum Gasteiger partial charge on any atom is 0.0562 e. The molecule has 0 spiro atoms. The van der Waals surface area contributed by atoms with E-state index in [4.69, 9.17) is 0 Å². The van der Waals surface area contributed by atoms with E-state index in [2.05, 4.69) is 74.1 Å². The Hall–Kier alpha value is -1.13. The number of nitrogens with one attached hydrogen (secondary N) is 1. The molecule has 114 valence electrons. The Bertz CT molecular complexity index is 396. The standard InChI is InChI=1S/C16H30N4/c1-16(2,3)18-13-14-12-15(8-9-17-14)20(6)11-7-10-19(4)5/h8-9,12,18H,7,10-11,13H2,1-6H3. The third-order valence-electron chi connectivity index (χ3n) is 3.14. The van der Waals surface area contributed by atoms with Crippen LogP contribution in [0, 0.1) is 0 Å². The van der Waals surface area contributed by atoms with Gasteiger partial charge in [0, 0.05) is 37.6 Å². The van der Waals surface area contributed by atoms with Gasteiger partial charge >= 0.3 is 0 Å². The summed E-state index contributed by atoms with van der Waals surface area (Å²) in [7, 11) is 6.37. The first-order valence-corrected chi connectivity index (χ1v) is 7.34. The third kappa shape index (κ3) is 6.87. The summed E-state index contributed by atoms with van der Waals surface area (Å²) >= 11 is 0. The van der Waals surface area contributed by atoms with Crippen LogP contribution >= 0.6 is 0 Å². The molecule has 0 fully saturated rings. The van der Waals surface area contributed by atoms with Crippen LogP contribution in [0.4, 0.5) is 5.69 Å². The molecule has 0 saturated heterocycles. The van der Waals surface area contributed by atoms with Crippen molar-refractivity contribution >= 4 is 5.69 Å². The third-order valence-corrected chi connectivity index (χ3v) is 3.14. The van der Waals surface area contributed by atoms with E-state index < -0.39 is 0 Å². The number of anilines is 1. The van der Waals surface area contributed by atoms with Gasteiger partial charge in [-0.05, 0) is 60.0 Å². The fourth-order valence-electron chi connectivity index (χ4n) is 1.91. The molecule has 0 radical (unpaired) electrons. The molecule has 0 aliphatic heterocycles. The van der Waals surface area contributed by atoms with Gasteiger partial charge in [-0.1, -0.05) is 0 Å². The zero-order valence-electron chi connectivity index (χ0n) is 13.9. The molecule has 1 rings (SSSR count). The molecule has 4 nitrogen and oxygen atoms in total. The summed E-state index contributed by atoms with van der Waals surface area (Å²) in [5.41, 5.74) is 2.45. The van der Waals surface area contributed by atoms with Gasteiger partial charge < -0.3 is 15.1 Å². The zero-order chi connectivity index (χ0) is 15.2. The molecule has 20 heavy (non-hydrogen) atoms. The molecule has 0 aliphatic carbocycles. The minimum absolute atomic E-state index is 0.120. The fraction of sp³-hybridized carbons (Fsp3) is 0.688. The van der Waals surface area contributed by atoms with Crippen molar-refractivity contribution in [3.63, 3.8) is 0 Å². The van der Waals surface area contributed by atoms with E-state index in [1.54, 1.807) is 0 Å². The van der Waals surface area contributed by atoms with Crippen LogP contribution in [0.15, 0.2) is 18.3 Å². The van der Waals surface area contributed by atoms with Gasteiger partial charge in [0.05, 0.1) is 5.69 Å². The van der Waals surface area contributed by atoms with E-state index >= 15 is 0 Å². The second kappa shape index (κ2) is 7.60. The average Bonchev–Trinajstić information content (AvgIpc) is 2.35. The molecule has 1 N–H and O–H groups in total. The van der Waals surface area contributed by atoms with Crippen molar-refractivity contribution in [3.05, 3.63) is 24.0 Å². The summed E-state index contributed by atoms with van der Waals surface area (Å²) in [4.78, 5) is 8.95. The van der Waals surface area contributed by atoms with E-state index in [9.17, 15) is 0 Å². The van der Waals surface area contributed by atoms with E-state index in [1.165, 1.54) is 12.1 Å². The van der Waals surface area contributed by atoms with Crippen molar-refractivity contribution in [1.82, 2.24) is 15.2 Å². The topological polar surface area (TPSA) is 31.4 Å². The largest absolute Gasteiger partial charge is 0.374 e. The molecular weight excluding hydrogens is 248 g/mol. The van der Waals surface area contributed by atoms with Crippen molar-refractivity contribution < 1.29 is 0 Å². The number of nitrogens with zero attached hydrogens (tertiary/aromatic N) is 3. The van der Waals surface area contributed by atoms with Gasteiger partial charge in [-0.25, -0.2) is 0 Å². The van der Waals surface area contributed by atoms with Crippen molar-refractivity contribution in [2.75, 3.05) is 39.1 Å². The van der Waals surface area contributed by atoms with Gasteiger partial charge in [-0.15, -0.1) is 0 Å². The van der Waals surface area contributed by atoms with Crippen LogP contribution in [-0.4, -0.2) is 49.7 Å². The van der Waals surface area contributed by atoms with Crippen molar-refractivity contribution in [3.8, 4) is 0 Å². The van der Waals surface area contributed by atoms with Crippen LogP contribution < -0.4 is 10.2 Å². The Labute approximate surface area is 124 Å². The Balaban J connectivity index is 2.54. The van der Waals surface area contributed by atoms with Crippen LogP contribution in [0.5, 0.6) is 0 Å². The molecule has 1 aromatic heterocycles. The van der Waals surface area contributed by atoms with E-state index in [1.807, 2.05) is 6.20 Å². The minimum atomic E-state index is 0.120. The number of hydrogen-bond donors (Lipinski definition) is 1. The summed E-state index contributed by atoms with van der Waals surface area (Å²) in [6, 6.07) is 4.25. The molecule has 1 heterocycles. The molecule has 0 bridgehead atoms. The highest BCUT2D eigenvalue weighted by Gasteiger charge is 2.09. The highest BCUT2D eigenvalue weighted by atomic mass is 15.1. The molecule has 4 heteroatoms. The predicted molar refractivity (Wildman–Crippen MR) is 87.3 cm³/mol. The molecule has 0 amide bonds. The van der Waals surface area contributed by atoms with Crippen LogP contribution in [0.1, 0.15) is 32.9 Å². The van der Waals surface area contributed by atoms with Crippen LogP contribution in [0.3, 0.4) is 0 Å². The van der Waals surface area contributed by atoms with E-state index in [-0.39, 0.29) is 5.54 Å². The Morgan fingerprint density at radius 1 is 1.15 bits per heavy atom. The van der Waals surface area contributed by atoms with Crippen LogP contribution in [0.25, 0.3) is 0 Å². The Morgan fingerprint density at radius 3 is 2.45 bits per heavy atom. The lowest BCUT2D eigenvalue weighted by molar-refractivity contribution is 0.401. The number of aromatic nitrogens is 1. The first kappa shape index (κ1) is 16.9. The van der Waals surface area contributed by atoms with Crippen molar-refractivity contribution in [2.24, 2.45) is 0 Å². The number of pyridine rings is 1. The highest BCUT2D eigenvalue weighted by Crippen LogP contribution is 2.14.